The normalized spacial score (nSPS) is 21.0. The molecule has 2 N–H and O–H groups in total. The average Bonchev–Trinajstić information content (AvgIpc) is 2.76. The molecule has 0 bridgehead atoms. The van der Waals surface area contributed by atoms with Crippen molar-refractivity contribution in [2.24, 2.45) is 0 Å². The van der Waals surface area contributed by atoms with Crippen molar-refractivity contribution in [1.29, 1.82) is 0 Å². The van der Waals surface area contributed by atoms with Gasteiger partial charge in [-0.15, -0.1) is 11.3 Å². The number of hydrogen-bond donors (Lipinski definition) is 2. The Bertz CT molecular complexity index is 293. The Morgan fingerprint density at radius 1 is 1.79 bits per heavy atom. The first-order chi connectivity index (χ1) is 6.84. The third-order valence-electron chi connectivity index (χ3n) is 2.27. The number of nitrogens with one attached hydrogen (secondary N) is 2. The molecule has 1 atom stereocenters. The Labute approximate surface area is 86.7 Å². The van der Waals surface area contributed by atoms with Crippen molar-refractivity contribution >= 4 is 22.4 Å². The van der Waals surface area contributed by atoms with Gasteiger partial charge < -0.3 is 10.6 Å². The van der Waals surface area contributed by atoms with Crippen molar-refractivity contribution in [3.05, 3.63) is 11.6 Å². The lowest BCUT2D eigenvalue weighted by Crippen LogP contribution is -2.27. The molecule has 5 heteroatoms. The summed E-state index contributed by atoms with van der Waals surface area (Å²) in [5, 5.41) is 8.61. The molecule has 1 saturated heterocycles. The zero-order valence-electron chi connectivity index (χ0n) is 7.82. The van der Waals surface area contributed by atoms with E-state index in [1.54, 1.807) is 6.20 Å². The molecule has 1 unspecified atom stereocenters. The largest absolute Gasteiger partial charge is 0.313 e. The molecule has 2 rings (SSSR count). The number of hydrogen-bond acceptors (Lipinski definition) is 4. The molecule has 0 spiro atoms. The van der Waals surface area contributed by atoms with Crippen LogP contribution in [-0.2, 0) is 4.79 Å². The Morgan fingerprint density at radius 3 is 3.36 bits per heavy atom. The van der Waals surface area contributed by atoms with Crippen molar-refractivity contribution in [3.8, 4) is 0 Å². The summed E-state index contributed by atoms with van der Waals surface area (Å²) < 4.78 is 0. The molecule has 4 nitrogen and oxygen atoms in total. The van der Waals surface area contributed by atoms with Gasteiger partial charge in [0.2, 0.25) is 5.91 Å². The summed E-state index contributed by atoms with van der Waals surface area (Å²) in [6.07, 6.45) is 4.52. The number of carbonyl (C=O) groups is 1. The van der Waals surface area contributed by atoms with Crippen LogP contribution in [0, 0.1) is 0 Å². The van der Waals surface area contributed by atoms with Crippen LogP contribution in [0.1, 0.15) is 19.3 Å². The monoisotopic (exact) mass is 211 g/mol. The van der Waals surface area contributed by atoms with Gasteiger partial charge in [-0.1, -0.05) is 0 Å². The van der Waals surface area contributed by atoms with Crippen molar-refractivity contribution < 1.29 is 4.79 Å². The summed E-state index contributed by atoms with van der Waals surface area (Å²) in [4.78, 5) is 15.5. The molecule has 2 heterocycles. The Morgan fingerprint density at radius 2 is 2.71 bits per heavy atom. The number of rotatable bonds is 3. The van der Waals surface area contributed by atoms with Crippen LogP contribution >= 0.6 is 11.3 Å². The molecular formula is C9H13N3OS. The number of aromatic nitrogens is 1. The molecule has 76 valence electrons. The van der Waals surface area contributed by atoms with Crippen LogP contribution in [0.3, 0.4) is 0 Å². The molecule has 0 saturated carbocycles. The first-order valence-corrected chi connectivity index (χ1v) is 5.65. The van der Waals surface area contributed by atoms with Gasteiger partial charge in [-0.25, -0.2) is 4.98 Å². The van der Waals surface area contributed by atoms with E-state index in [1.807, 2.05) is 5.38 Å². The maximum absolute atomic E-state index is 11.5. The molecule has 14 heavy (non-hydrogen) atoms. The van der Waals surface area contributed by atoms with E-state index in [1.165, 1.54) is 17.8 Å². The molecule has 1 aromatic heterocycles. The van der Waals surface area contributed by atoms with E-state index < -0.39 is 0 Å². The highest BCUT2D eigenvalue weighted by Crippen LogP contribution is 2.13. The minimum atomic E-state index is 0.0550. The minimum Gasteiger partial charge on any atom is -0.313 e. The smallest absolute Gasteiger partial charge is 0.227 e. The van der Waals surface area contributed by atoms with Crippen LogP contribution in [0.15, 0.2) is 11.6 Å². The van der Waals surface area contributed by atoms with Crippen molar-refractivity contribution in [1.82, 2.24) is 10.3 Å². The van der Waals surface area contributed by atoms with Gasteiger partial charge in [0.25, 0.3) is 0 Å². The molecule has 1 aliphatic rings. The first-order valence-electron chi connectivity index (χ1n) is 4.77. The van der Waals surface area contributed by atoms with Gasteiger partial charge in [0.05, 0.1) is 0 Å². The Hall–Kier alpha value is -0.940. The Balaban J connectivity index is 1.78. The standard InChI is InChI=1S/C9H13N3OS/c13-8(6-7-2-1-3-10-7)12-9-11-4-5-14-9/h4-5,7,10H,1-3,6H2,(H,11,12,13). The summed E-state index contributed by atoms with van der Waals surface area (Å²) in [6.45, 7) is 1.04. The average molecular weight is 211 g/mol. The predicted octanol–water partition coefficient (Wildman–Crippen LogP) is 1.22. The molecule has 1 aliphatic heterocycles. The van der Waals surface area contributed by atoms with Crippen molar-refractivity contribution in [3.63, 3.8) is 0 Å². The third kappa shape index (κ3) is 2.52. The molecule has 1 amide bonds. The molecule has 0 aliphatic carbocycles. The zero-order chi connectivity index (χ0) is 9.80. The second-order valence-corrected chi connectivity index (χ2v) is 4.28. The first kappa shape index (κ1) is 9.61. The number of anilines is 1. The van der Waals surface area contributed by atoms with Gasteiger partial charge in [0.1, 0.15) is 0 Å². The fourth-order valence-electron chi connectivity index (χ4n) is 1.61. The summed E-state index contributed by atoms with van der Waals surface area (Å²) in [5.74, 6) is 0.0550. The number of thiazole rings is 1. The van der Waals surface area contributed by atoms with E-state index in [2.05, 4.69) is 15.6 Å². The van der Waals surface area contributed by atoms with Gasteiger partial charge in [-0.3, -0.25) is 4.79 Å². The van der Waals surface area contributed by atoms with Crippen LogP contribution in [0.25, 0.3) is 0 Å². The zero-order valence-corrected chi connectivity index (χ0v) is 8.64. The predicted molar refractivity (Wildman–Crippen MR) is 56.4 cm³/mol. The topological polar surface area (TPSA) is 54.0 Å². The summed E-state index contributed by atoms with van der Waals surface area (Å²) >= 11 is 1.45. The van der Waals surface area contributed by atoms with Crippen molar-refractivity contribution in [2.45, 2.75) is 25.3 Å². The lowest BCUT2D eigenvalue weighted by molar-refractivity contribution is -0.116. The van der Waals surface area contributed by atoms with E-state index in [9.17, 15) is 4.79 Å². The lowest BCUT2D eigenvalue weighted by Gasteiger charge is -2.08. The van der Waals surface area contributed by atoms with Gasteiger partial charge >= 0.3 is 0 Å². The number of nitrogens with zero attached hydrogens (tertiary/aromatic N) is 1. The van der Waals surface area contributed by atoms with Crippen LogP contribution in [0.2, 0.25) is 0 Å². The van der Waals surface area contributed by atoms with E-state index >= 15 is 0 Å². The SMILES string of the molecule is O=C(CC1CCCN1)Nc1nccs1. The van der Waals surface area contributed by atoms with Crippen LogP contribution in [-0.4, -0.2) is 23.5 Å². The summed E-state index contributed by atoms with van der Waals surface area (Å²) in [5.41, 5.74) is 0. The van der Waals surface area contributed by atoms with Gasteiger partial charge in [-0.2, -0.15) is 0 Å². The van der Waals surface area contributed by atoms with Gasteiger partial charge in [-0.05, 0) is 19.4 Å². The molecular weight excluding hydrogens is 198 g/mol. The highest BCUT2D eigenvalue weighted by Gasteiger charge is 2.17. The van der Waals surface area contributed by atoms with E-state index in [0.717, 1.165) is 13.0 Å². The maximum Gasteiger partial charge on any atom is 0.227 e. The number of carbonyl (C=O) groups excluding carboxylic acids is 1. The quantitative estimate of drug-likeness (QED) is 0.790. The Kier molecular flexibility index (Phi) is 3.10. The van der Waals surface area contributed by atoms with Gasteiger partial charge in [0, 0.05) is 24.0 Å². The van der Waals surface area contributed by atoms with E-state index in [4.69, 9.17) is 0 Å². The fraction of sp³-hybridized carbons (Fsp3) is 0.556. The molecule has 0 radical (unpaired) electrons. The second-order valence-electron chi connectivity index (χ2n) is 3.38. The highest BCUT2D eigenvalue weighted by molar-refractivity contribution is 7.13. The molecule has 0 aromatic carbocycles. The highest BCUT2D eigenvalue weighted by atomic mass is 32.1. The summed E-state index contributed by atoms with van der Waals surface area (Å²) in [6, 6.07) is 0.356. The second kappa shape index (κ2) is 4.52. The fourth-order valence-corrected chi connectivity index (χ4v) is 2.16. The summed E-state index contributed by atoms with van der Waals surface area (Å²) in [7, 11) is 0. The van der Waals surface area contributed by atoms with E-state index in [0.29, 0.717) is 17.6 Å². The van der Waals surface area contributed by atoms with Crippen LogP contribution in [0.5, 0.6) is 0 Å². The van der Waals surface area contributed by atoms with Crippen LogP contribution in [0.4, 0.5) is 5.13 Å². The molecule has 1 fully saturated rings. The maximum atomic E-state index is 11.5. The van der Waals surface area contributed by atoms with Crippen LogP contribution < -0.4 is 10.6 Å². The minimum absolute atomic E-state index is 0.0550. The van der Waals surface area contributed by atoms with E-state index in [-0.39, 0.29) is 5.91 Å². The third-order valence-corrected chi connectivity index (χ3v) is 2.96. The lowest BCUT2D eigenvalue weighted by atomic mass is 10.1. The van der Waals surface area contributed by atoms with Crippen molar-refractivity contribution in [2.75, 3.05) is 11.9 Å². The molecule has 1 aromatic rings. The van der Waals surface area contributed by atoms with Gasteiger partial charge in [0.15, 0.2) is 5.13 Å². The number of amides is 1.